The van der Waals surface area contributed by atoms with Crippen molar-refractivity contribution in [3.8, 4) is 0 Å². The molecule has 142 valence electrons. The summed E-state index contributed by atoms with van der Waals surface area (Å²) in [5.74, 6) is -0.145. The van der Waals surface area contributed by atoms with E-state index in [4.69, 9.17) is 27.9 Å². The molecule has 1 aliphatic heterocycles. The van der Waals surface area contributed by atoms with Gasteiger partial charge in [0, 0.05) is 24.1 Å². The maximum absolute atomic E-state index is 12.2. The lowest BCUT2D eigenvalue weighted by Crippen LogP contribution is -2.61. The summed E-state index contributed by atoms with van der Waals surface area (Å²) >= 11 is 13.9. The molecule has 1 aromatic rings. The van der Waals surface area contributed by atoms with Gasteiger partial charge in [-0.25, -0.2) is 4.79 Å². The molecule has 26 heavy (non-hydrogen) atoms. The maximum atomic E-state index is 12.2. The third-order valence-corrected chi connectivity index (χ3v) is 5.40. The van der Waals surface area contributed by atoms with Crippen LogP contribution >= 0.6 is 35.0 Å². The number of nitrogens with one attached hydrogen (secondary N) is 1. The summed E-state index contributed by atoms with van der Waals surface area (Å²) in [4.78, 5) is 26.4. The van der Waals surface area contributed by atoms with Crippen molar-refractivity contribution in [1.82, 2.24) is 10.2 Å². The first-order valence-electron chi connectivity index (χ1n) is 8.09. The van der Waals surface area contributed by atoms with E-state index >= 15 is 0 Å². The minimum absolute atomic E-state index is 0.0962. The first-order chi connectivity index (χ1) is 12.1. The summed E-state index contributed by atoms with van der Waals surface area (Å²) in [6.07, 6.45) is 4.55. The van der Waals surface area contributed by atoms with Crippen molar-refractivity contribution in [2.75, 3.05) is 19.3 Å². The van der Waals surface area contributed by atoms with E-state index in [9.17, 15) is 9.59 Å². The molecule has 0 radical (unpaired) electrons. The maximum Gasteiger partial charge on any atom is 0.407 e. The SMILES string of the molecule is CSc1ccc(C=CC(=O)N2CC(NC(=O)OC(C)(C)C)C2)c(Cl)c1Cl. The Morgan fingerprint density at radius 2 is 1.92 bits per heavy atom. The molecule has 0 bridgehead atoms. The van der Waals surface area contributed by atoms with Gasteiger partial charge in [0.15, 0.2) is 0 Å². The number of rotatable bonds is 4. The molecule has 1 N–H and O–H groups in total. The summed E-state index contributed by atoms with van der Waals surface area (Å²) in [5, 5.41) is 3.65. The second kappa shape index (κ2) is 8.55. The second-order valence-corrected chi connectivity index (χ2v) is 8.51. The molecule has 0 unspecified atom stereocenters. The van der Waals surface area contributed by atoms with E-state index in [-0.39, 0.29) is 11.9 Å². The summed E-state index contributed by atoms with van der Waals surface area (Å²) in [6, 6.07) is 3.60. The number of ether oxygens (including phenoxy) is 1. The lowest BCUT2D eigenvalue weighted by atomic mass is 10.1. The average molecular weight is 417 g/mol. The van der Waals surface area contributed by atoms with Crippen LogP contribution in [-0.2, 0) is 9.53 Å². The normalized spacial score (nSPS) is 15.1. The lowest BCUT2D eigenvalue weighted by molar-refractivity contribution is -0.130. The van der Waals surface area contributed by atoms with Gasteiger partial charge in [0.1, 0.15) is 5.60 Å². The van der Waals surface area contributed by atoms with Crippen LogP contribution in [0.5, 0.6) is 0 Å². The molecule has 0 atom stereocenters. The van der Waals surface area contributed by atoms with E-state index in [2.05, 4.69) is 5.32 Å². The number of benzene rings is 1. The molecule has 2 amide bonds. The van der Waals surface area contributed by atoms with Crippen LogP contribution in [0.4, 0.5) is 4.79 Å². The second-order valence-electron chi connectivity index (χ2n) is 6.90. The van der Waals surface area contributed by atoms with Crippen LogP contribution in [0.3, 0.4) is 0 Å². The van der Waals surface area contributed by atoms with E-state index in [1.54, 1.807) is 31.7 Å². The number of hydrogen-bond donors (Lipinski definition) is 1. The first-order valence-corrected chi connectivity index (χ1v) is 10.1. The third kappa shape index (κ3) is 5.56. The highest BCUT2D eigenvalue weighted by atomic mass is 35.5. The molecule has 2 rings (SSSR count). The molecule has 1 aliphatic rings. The summed E-state index contributed by atoms with van der Waals surface area (Å²) in [5.41, 5.74) is 0.144. The Kier molecular flexibility index (Phi) is 6.88. The smallest absolute Gasteiger partial charge is 0.407 e. The van der Waals surface area contributed by atoms with Crippen LogP contribution in [-0.4, -0.2) is 47.9 Å². The summed E-state index contributed by atoms with van der Waals surface area (Å²) < 4.78 is 5.19. The van der Waals surface area contributed by atoms with Gasteiger partial charge in [0.2, 0.25) is 5.91 Å². The Morgan fingerprint density at radius 1 is 1.27 bits per heavy atom. The first kappa shape index (κ1) is 20.9. The van der Waals surface area contributed by atoms with Crippen LogP contribution in [0.25, 0.3) is 6.08 Å². The van der Waals surface area contributed by atoms with Crippen molar-refractivity contribution in [3.63, 3.8) is 0 Å². The van der Waals surface area contributed by atoms with E-state index in [0.717, 1.165) is 4.90 Å². The van der Waals surface area contributed by atoms with E-state index in [0.29, 0.717) is 28.7 Å². The minimum Gasteiger partial charge on any atom is -0.444 e. The molecule has 5 nitrogen and oxygen atoms in total. The number of carbonyl (C=O) groups is 2. The average Bonchev–Trinajstić information content (AvgIpc) is 2.50. The number of thioether (sulfide) groups is 1. The topological polar surface area (TPSA) is 58.6 Å². The Hall–Kier alpha value is -1.37. The summed E-state index contributed by atoms with van der Waals surface area (Å²) in [7, 11) is 0. The molecule has 1 fully saturated rings. The highest BCUT2D eigenvalue weighted by Crippen LogP contribution is 2.35. The van der Waals surface area contributed by atoms with Gasteiger partial charge < -0.3 is 15.0 Å². The quantitative estimate of drug-likeness (QED) is 0.581. The van der Waals surface area contributed by atoms with Crippen molar-refractivity contribution in [2.45, 2.75) is 37.3 Å². The van der Waals surface area contributed by atoms with Crippen LogP contribution in [0.2, 0.25) is 10.0 Å². The number of hydrogen-bond acceptors (Lipinski definition) is 4. The van der Waals surface area contributed by atoms with Crippen molar-refractivity contribution in [1.29, 1.82) is 0 Å². The molecule has 0 aliphatic carbocycles. The Bertz CT molecular complexity index is 726. The highest BCUT2D eigenvalue weighted by Gasteiger charge is 2.31. The Labute approximate surface area is 168 Å². The molecule has 0 saturated carbocycles. The van der Waals surface area contributed by atoms with Gasteiger partial charge in [0.05, 0.1) is 16.1 Å². The predicted octanol–water partition coefficient (Wildman–Crippen LogP) is 4.46. The van der Waals surface area contributed by atoms with Crippen molar-refractivity contribution in [3.05, 3.63) is 33.8 Å². The number of alkyl carbamates (subject to hydrolysis) is 1. The van der Waals surface area contributed by atoms with Crippen molar-refractivity contribution < 1.29 is 14.3 Å². The number of amides is 2. The Morgan fingerprint density at radius 3 is 2.50 bits per heavy atom. The zero-order valence-corrected chi connectivity index (χ0v) is 17.5. The van der Waals surface area contributed by atoms with Gasteiger partial charge in [-0.1, -0.05) is 29.3 Å². The van der Waals surface area contributed by atoms with Gasteiger partial charge >= 0.3 is 6.09 Å². The minimum atomic E-state index is -0.543. The van der Waals surface area contributed by atoms with Gasteiger partial charge in [-0.05, 0) is 44.7 Å². The van der Waals surface area contributed by atoms with Crippen LogP contribution < -0.4 is 5.32 Å². The fourth-order valence-electron chi connectivity index (χ4n) is 2.32. The number of halogens is 2. The Balaban J connectivity index is 1.86. The van der Waals surface area contributed by atoms with Crippen molar-refractivity contribution in [2.24, 2.45) is 0 Å². The zero-order valence-electron chi connectivity index (χ0n) is 15.1. The van der Waals surface area contributed by atoms with E-state index in [1.165, 1.54) is 17.8 Å². The van der Waals surface area contributed by atoms with Crippen LogP contribution in [0.15, 0.2) is 23.1 Å². The largest absolute Gasteiger partial charge is 0.444 e. The molecular formula is C18H22Cl2N2O3S. The number of likely N-dealkylation sites (tertiary alicyclic amines) is 1. The lowest BCUT2D eigenvalue weighted by Gasteiger charge is -2.39. The van der Waals surface area contributed by atoms with Gasteiger partial charge in [-0.3, -0.25) is 4.79 Å². The van der Waals surface area contributed by atoms with Crippen LogP contribution in [0.1, 0.15) is 26.3 Å². The van der Waals surface area contributed by atoms with Crippen LogP contribution in [0, 0.1) is 0 Å². The monoisotopic (exact) mass is 416 g/mol. The van der Waals surface area contributed by atoms with Crippen molar-refractivity contribution >= 4 is 53.0 Å². The van der Waals surface area contributed by atoms with Gasteiger partial charge in [-0.2, -0.15) is 0 Å². The molecule has 1 heterocycles. The molecule has 1 aromatic carbocycles. The molecule has 1 saturated heterocycles. The zero-order chi connectivity index (χ0) is 19.5. The molecule has 0 spiro atoms. The van der Waals surface area contributed by atoms with Gasteiger partial charge in [0.25, 0.3) is 0 Å². The molecule has 0 aromatic heterocycles. The fourth-order valence-corrected chi connectivity index (χ4v) is 3.50. The third-order valence-electron chi connectivity index (χ3n) is 3.62. The predicted molar refractivity (Wildman–Crippen MR) is 107 cm³/mol. The van der Waals surface area contributed by atoms with E-state index < -0.39 is 11.7 Å². The molecule has 8 heteroatoms. The van der Waals surface area contributed by atoms with E-state index in [1.807, 2.05) is 18.4 Å². The number of carbonyl (C=O) groups excluding carboxylic acids is 2. The standard InChI is InChI=1S/C18H22Cl2N2O3S/c1-18(2,3)25-17(24)21-12-9-22(10-12)14(23)8-6-11-5-7-13(26-4)16(20)15(11)19/h5-8,12H,9-10H2,1-4H3,(H,21,24). The number of nitrogens with zero attached hydrogens (tertiary/aromatic N) is 1. The fraction of sp³-hybridized carbons (Fsp3) is 0.444. The van der Waals surface area contributed by atoms with Gasteiger partial charge in [-0.15, -0.1) is 11.8 Å². The molecular weight excluding hydrogens is 395 g/mol. The summed E-state index contributed by atoms with van der Waals surface area (Å²) in [6.45, 7) is 6.30. The highest BCUT2D eigenvalue weighted by molar-refractivity contribution is 7.98.